The van der Waals surface area contributed by atoms with Crippen LogP contribution in [0.1, 0.15) is 25.8 Å². The fourth-order valence-corrected chi connectivity index (χ4v) is 1.93. The number of hydrogen-bond acceptors (Lipinski definition) is 6. The Labute approximate surface area is 128 Å². The average molecular weight is 309 g/mol. The van der Waals surface area contributed by atoms with Gasteiger partial charge in [0.2, 0.25) is 0 Å². The van der Waals surface area contributed by atoms with E-state index in [1.54, 1.807) is 19.1 Å². The van der Waals surface area contributed by atoms with E-state index in [0.717, 1.165) is 5.56 Å². The van der Waals surface area contributed by atoms with Gasteiger partial charge in [-0.1, -0.05) is 37.3 Å². The third kappa shape index (κ3) is 5.51. The zero-order chi connectivity index (χ0) is 16.5. The predicted molar refractivity (Wildman–Crippen MR) is 77.4 cm³/mol. The summed E-state index contributed by atoms with van der Waals surface area (Å²) in [6.07, 6.45) is -0.225. The number of carbonyl (C=O) groups excluding carboxylic acids is 2. The summed E-state index contributed by atoms with van der Waals surface area (Å²) >= 11 is 0. The molecule has 2 atom stereocenters. The molecule has 0 aromatic heterocycles. The summed E-state index contributed by atoms with van der Waals surface area (Å²) in [5, 5.41) is 11.0. The van der Waals surface area contributed by atoms with E-state index in [0.29, 0.717) is 0 Å². The lowest BCUT2D eigenvalue weighted by Crippen LogP contribution is -2.38. The SMILES string of the molecule is CCOC(=O)[C@@H]([C@H](C)CC(=O)OCc1ccccc1)[N+](=O)[O-]. The Kier molecular flexibility index (Phi) is 7.01. The molecule has 7 nitrogen and oxygen atoms in total. The van der Waals surface area contributed by atoms with Crippen molar-refractivity contribution in [3.63, 3.8) is 0 Å². The summed E-state index contributed by atoms with van der Waals surface area (Å²) in [4.78, 5) is 33.6. The van der Waals surface area contributed by atoms with Crippen LogP contribution in [-0.4, -0.2) is 29.5 Å². The Morgan fingerprint density at radius 2 is 1.86 bits per heavy atom. The molecule has 1 aromatic rings. The Morgan fingerprint density at radius 3 is 2.41 bits per heavy atom. The number of hydrogen-bond donors (Lipinski definition) is 0. The second-order valence-corrected chi connectivity index (χ2v) is 4.81. The number of carbonyl (C=O) groups is 2. The molecule has 0 radical (unpaired) electrons. The van der Waals surface area contributed by atoms with Crippen LogP contribution in [0.15, 0.2) is 30.3 Å². The van der Waals surface area contributed by atoms with E-state index in [1.807, 2.05) is 18.2 Å². The maximum Gasteiger partial charge on any atom is 0.381 e. The zero-order valence-electron chi connectivity index (χ0n) is 12.6. The Balaban J connectivity index is 2.53. The topological polar surface area (TPSA) is 95.7 Å². The van der Waals surface area contributed by atoms with Crippen molar-refractivity contribution < 1.29 is 24.0 Å². The van der Waals surface area contributed by atoms with Crippen LogP contribution in [0.3, 0.4) is 0 Å². The van der Waals surface area contributed by atoms with Crippen molar-refractivity contribution in [3.05, 3.63) is 46.0 Å². The van der Waals surface area contributed by atoms with Crippen LogP contribution in [0.25, 0.3) is 0 Å². The van der Waals surface area contributed by atoms with Crippen molar-refractivity contribution in [1.29, 1.82) is 0 Å². The smallest absolute Gasteiger partial charge is 0.381 e. The normalized spacial score (nSPS) is 13.0. The molecule has 0 bridgehead atoms. The molecule has 0 spiro atoms. The highest BCUT2D eigenvalue weighted by atomic mass is 16.6. The van der Waals surface area contributed by atoms with Gasteiger partial charge in [-0.25, -0.2) is 4.79 Å². The van der Waals surface area contributed by atoms with Crippen molar-refractivity contribution in [3.8, 4) is 0 Å². The summed E-state index contributed by atoms with van der Waals surface area (Å²) in [7, 11) is 0. The van der Waals surface area contributed by atoms with E-state index in [9.17, 15) is 19.7 Å². The standard InChI is InChI=1S/C15H19NO6/c1-3-21-15(18)14(16(19)20)11(2)9-13(17)22-10-12-7-5-4-6-8-12/h4-8,11,14H,3,9-10H2,1-2H3/t11-,14-/m1/s1. The van der Waals surface area contributed by atoms with Crippen LogP contribution in [0.5, 0.6) is 0 Å². The lowest BCUT2D eigenvalue weighted by molar-refractivity contribution is -0.518. The van der Waals surface area contributed by atoms with Crippen LogP contribution < -0.4 is 0 Å². The highest BCUT2D eigenvalue weighted by Gasteiger charge is 2.38. The fraction of sp³-hybridized carbons (Fsp3) is 0.467. The molecule has 0 saturated carbocycles. The first-order chi connectivity index (χ1) is 10.5. The molecule has 0 aliphatic carbocycles. The molecular weight excluding hydrogens is 290 g/mol. The van der Waals surface area contributed by atoms with Crippen LogP contribution in [-0.2, 0) is 25.7 Å². The van der Waals surface area contributed by atoms with Gasteiger partial charge >= 0.3 is 18.0 Å². The van der Waals surface area contributed by atoms with E-state index in [4.69, 9.17) is 4.74 Å². The van der Waals surface area contributed by atoms with Gasteiger partial charge in [-0.3, -0.25) is 14.9 Å². The number of benzene rings is 1. The molecule has 22 heavy (non-hydrogen) atoms. The van der Waals surface area contributed by atoms with Crippen LogP contribution in [0.4, 0.5) is 0 Å². The van der Waals surface area contributed by atoms with Crippen molar-refractivity contribution in [2.24, 2.45) is 5.92 Å². The van der Waals surface area contributed by atoms with Gasteiger partial charge in [0.25, 0.3) is 0 Å². The largest absolute Gasteiger partial charge is 0.461 e. The lowest BCUT2D eigenvalue weighted by Gasteiger charge is -2.15. The van der Waals surface area contributed by atoms with E-state index < -0.39 is 28.8 Å². The summed E-state index contributed by atoms with van der Waals surface area (Å²) in [6.45, 7) is 3.16. The first-order valence-electron chi connectivity index (χ1n) is 6.95. The lowest BCUT2D eigenvalue weighted by atomic mass is 9.99. The van der Waals surface area contributed by atoms with Crippen molar-refractivity contribution in [1.82, 2.24) is 0 Å². The molecule has 0 saturated heterocycles. The molecule has 0 fully saturated rings. The Bertz CT molecular complexity index is 516. The monoisotopic (exact) mass is 309 g/mol. The number of rotatable bonds is 8. The minimum atomic E-state index is -1.57. The minimum absolute atomic E-state index is 0.0499. The van der Waals surface area contributed by atoms with Crippen molar-refractivity contribution >= 4 is 11.9 Å². The number of esters is 2. The molecule has 0 unspecified atom stereocenters. The number of nitro groups is 1. The van der Waals surface area contributed by atoms with Gasteiger partial charge in [0.1, 0.15) is 6.61 Å². The Hall–Kier alpha value is -2.44. The van der Waals surface area contributed by atoms with Gasteiger partial charge in [0.05, 0.1) is 13.0 Å². The average Bonchev–Trinajstić information content (AvgIpc) is 2.46. The van der Waals surface area contributed by atoms with Crippen molar-refractivity contribution in [2.75, 3.05) is 6.61 Å². The molecule has 0 aliphatic heterocycles. The highest BCUT2D eigenvalue weighted by Crippen LogP contribution is 2.15. The molecule has 0 amide bonds. The van der Waals surface area contributed by atoms with Crippen LogP contribution >= 0.6 is 0 Å². The van der Waals surface area contributed by atoms with E-state index in [-0.39, 0.29) is 19.6 Å². The maximum absolute atomic E-state index is 11.7. The van der Waals surface area contributed by atoms with Gasteiger partial charge in [-0.05, 0) is 12.5 Å². The minimum Gasteiger partial charge on any atom is -0.461 e. The third-order valence-electron chi connectivity index (χ3n) is 3.03. The highest BCUT2D eigenvalue weighted by molar-refractivity contribution is 5.76. The molecule has 0 heterocycles. The first kappa shape index (κ1) is 17.6. The molecular formula is C15H19NO6. The summed E-state index contributed by atoms with van der Waals surface area (Å²) < 4.78 is 9.72. The van der Waals surface area contributed by atoms with Gasteiger partial charge in [-0.2, -0.15) is 0 Å². The third-order valence-corrected chi connectivity index (χ3v) is 3.03. The predicted octanol–water partition coefficient (Wildman–Crippen LogP) is 1.96. The fourth-order valence-electron chi connectivity index (χ4n) is 1.93. The van der Waals surface area contributed by atoms with E-state index in [1.165, 1.54) is 6.92 Å². The molecule has 7 heteroatoms. The second kappa shape index (κ2) is 8.76. The Morgan fingerprint density at radius 1 is 1.23 bits per heavy atom. The van der Waals surface area contributed by atoms with Gasteiger partial charge in [-0.15, -0.1) is 0 Å². The summed E-state index contributed by atoms with van der Waals surface area (Å²) in [6, 6.07) is 7.51. The quantitative estimate of drug-likeness (QED) is 0.414. The molecule has 120 valence electrons. The summed E-state index contributed by atoms with van der Waals surface area (Å²) in [5.74, 6) is -2.33. The van der Waals surface area contributed by atoms with Crippen molar-refractivity contribution in [2.45, 2.75) is 32.9 Å². The molecule has 0 N–H and O–H groups in total. The van der Waals surface area contributed by atoms with E-state index in [2.05, 4.69) is 4.74 Å². The molecule has 1 aromatic carbocycles. The van der Waals surface area contributed by atoms with Gasteiger partial charge < -0.3 is 9.47 Å². The second-order valence-electron chi connectivity index (χ2n) is 4.81. The van der Waals surface area contributed by atoms with Gasteiger partial charge in [0, 0.05) is 10.8 Å². The van der Waals surface area contributed by atoms with E-state index >= 15 is 0 Å². The zero-order valence-corrected chi connectivity index (χ0v) is 12.6. The summed E-state index contributed by atoms with van der Waals surface area (Å²) in [5.41, 5.74) is 0.819. The maximum atomic E-state index is 11.7. The van der Waals surface area contributed by atoms with Crippen LogP contribution in [0.2, 0.25) is 0 Å². The number of nitrogens with zero attached hydrogens (tertiary/aromatic N) is 1. The van der Waals surface area contributed by atoms with Crippen LogP contribution in [0, 0.1) is 16.0 Å². The molecule has 1 rings (SSSR count). The molecule has 0 aliphatic rings. The van der Waals surface area contributed by atoms with Gasteiger partial charge in [0.15, 0.2) is 0 Å². The number of ether oxygens (including phenoxy) is 2. The first-order valence-corrected chi connectivity index (χ1v) is 6.95.